The highest BCUT2D eigenvalue weighted by Gasteiger charge is 2.32. The van der Waals surface area contributed by atoms with Gasteiger partial charge >= 0.3 is 0 Å². The van der Waals surface area contributed by atoms with Gasteiger partial charge in [-0.3, -0.25) is 9.69 Å². The lowest BCUT2D eigenvalue weighted by atomic mass is 10.2. The second-order valence-corrected chi connectivity index (χ2v) is 6.68. The number of thioether (sulfide) groups is 1. The van der Waals surface area contributed by atoms with Crippen LogP contribution in [0.15, 0.2) is 52.4 Å². The Morgan fingerprint density at radius 1 is 1.29 bits per heavy atom. The Bertz CT molecular complexity index is 1010. The Morgan fingerprint density at radius 2 is 2.11 bits per heavy atom. The molecule has 0 unspecified atom stereocenters. The fraction of sp³-hybridized carbons (Fsp3) is 0.150. The lowest BCUT2D eigenvalue weighted by molar-refractivity contribution is -0.122. The van der Waals surface area contributed by atoms with Crippen molar-refractivity contribution in [1.29, 1.82) is 5.26 Å². The molecule has 1 heterocycles. The van der Waals surface area contributed by atoms with Crippen molar-refractivity contribution in [3.05, 3.63) is 64.6 Å². The molecular weight excluding hydrogens is 384 g/mol. The van der Waals surface area contributed by atoms with Gasteiger partial charge in [-0.25, -0.2) is 13.8 Å². The number of amidine groups is 1. The zero-order valence-electron chi connectivity index (χ0n) is 14.9. The molecule has 5 nitrogen and oxygen atoms in total. The van der Waals surface area contributed by atoms with Crippen LogP contribution in [-0.2, 0) is 4.79 Å². The number of carbonyl (C=O) groups excluding carboxylic acids is 1. The molecule has 142 valence electrons. The molecular formula is C20H15F2N3O2S. The van der Waals surface area contributed by atoms with Gasteiger partial charge in [-0.1, -0.05) is 12.1 Å². The summed E-state index contributed by atoms with van der Waals surface area (Å²) in [6.07, 6.45) is 1.68. The van der Waals surface area contributed by atoms with Crippen LogP contribution in [0, 0.1) is 23.0 Å². The normalized spacial score (nSPS) is 16.6. The van der Waals surface area contributed by atoms with E-state index in [1.165, 1.54) is 11.0 Å². The minimum atomic E-state index is -0.795. The zero-order chi connectivity index (χ0) is 20.1. The first kappa shape index (κ1) is 19.6. The van der Waals surface area contributed by atoms with E-state index in [0.29, 0.717) is 22.4 Å². The highest BCUT2D eigenvalue weighted by molar-refractivity contribution is 8.18. The smallest absolute Gasteiger partial charge is 0.266 e. The maximum atomic E-state index is 13.9. The van der Waals surface area contributed by atoms with Gasteiger partial charge in [0.15, 0.2) is 17.6 Å². The number of nitriles is 1. The Labute approximate surface area is 164 Å². The topological polar surface area (TPSA) is 65.7 Å². The quantitative estimate of drug-likeness (QED) is 0.695. The van der Waals surface area contributed by atoms with Gasteiger partial charge in [0.05, 0.1) is 4.91 Å². The number of carbonyl (C=O) groups is 1. The molecule has 2 aromatic rings. The molecule has 0 aromatic heterocycles. The van der Waals surface area contributed by atoms with E-state index in [1.807, 2.05) is 6.07 Å². The first-order valence-electron chi connectivity index (χ1n) is 8.36. The Morgan fingerprint density at radius 3 is 2.82 bits per heavy atom. The van der Waals surface area contributed by atoms with Crippen molar-refractivity contribution >= 4 is 34.6 Å². The summed E-state index contributed by atoms with van der Waals surface area (Å²) in [5.74, 6) is -1.22. The van der Waals surface area contributed by atoms with Gasteiger partial charge in [-0.2, -0.15) is 5.26 Å². The molecule has 3 rings (SSSR count). The number of hydrogen-bond acceptors (Lipinski definition) is 5. The molecule has 0 atom stereocenters. The average molecular weight is 399 g/mol. The summed E-state index contributed by atoms with van der Waals surface area (Å²) in [5.41, 5.74) is 0.680. The third-order valence-corrected chi connectivity index (χ3v) is 4.80. The third kappa shape index (κ3) is 4.38. The predicted molar refractivity (Wildman–Crippen MR) is 104 cm³/mol. The number of rotatable bonds is 5. The van der Waals surface area contributed by atoms with Crippen LogP contribution < -0.4 is 4.74 Å². The van der Waals surface area contributed by atoms with E-state index in [4.69, 9.17) is 10.00 Å². The molecule has 1 amide bonds. The van der Waals surface area contributed by atoms with Gasteiger partial charge in [0, 0.05) is 12.6 Å². The van der Waals surface area contributed by atoms with Crippen molar-refractivity contribution in [1.82, 2.24) is 4.90 Å². The summed E-state index contributed by atoms with van der Waals surface area (Å²) in [7, 11) is 0. The second kappa shape index (κ2) is 8.67. The molecule has 0 bridgehead atoms. The molecule has 1 aliphatic rings. The fourth-order valence-electron chi connectivity index (χ4n) is 2.51. The van der Waals surface area contributed by atoms with E-state index in [-0.39, 0.29) is 18.2 Å². The maximum Gasteiger partial charge on any atom is 0.266 e. The molecule has 0 N–H and O–H groups in total. The van der Waals surface area contributed by atoms with Crippen LogP contribution in [0.1, 0.15) is 12.5 Å². The third-order valence-electron chi connectivity index (χ3n) is 3.79. The first-order chi connectivity index (χ1) is 13.5. The summed E-state index contributed by atoms with van der Waals surface area (Å²) in [4.78, 5) is 18.7. The summed E-state index contributed by atoms with van der Waals surface area (Å²) in [6, 6.07) is 12.0. The number of ether oxygens (including phenoxy) is 1. The summed E-state index contributed by atoms with van der Waals surface area (Å²) in [5, 5.41) is 8.92. The van der Waals surface area contributed by atoms with Crippen LogP contribution in [-0.4, -0.2) is 29.1 Å². The molecule has 2 aromatic carbocycles. The summed E-state index contributed by atoms with van der Waals surface area (Å²) >= 11 is 1.11. The standard InChI is InChI=1S/C20H15F2N3O2S/c1-2-25-19(26)18(11-13-4-3-5-15(10-13)27-9-8-23)28-20(25)24-17-7-6-14(21)12-16(17)22/h3-7,10-12H,2,9H2,1H3/b18-11-,24-20?. The van der Waals surface area contributed by atoms with Crippen LogP contribution in [0.25, 0.3) is 6.08 Å². The van der Waals surface area contributed by atoms with Crippen molar-refractivity contribution in [2.24, 2.45) is 4.99 Å². The van der Waals surface area contributed by atoms with Gasteiger partial charge in [-0.15, -0.1) is 0 Å². The van der Waals surface area contributed by atoms with Crippen molar-refractivity contribution in [3.8, 4) is 11.8 Å². The summed E-state index contributed by atoms with van der Waals surface area (Å²) in [6.45, 7) is 2.07. The van der Waals surface area contributed by atoms with Gasteiger partial charge in [0.1, 0.15) is 23.3 Å². The van der Waals surface area contributed by atoms with Crippen molar-refractivity contribution in [3.63, 3.8) is 0 Å². The van der Waals surface area contributed by atoms with Crippen LogP contribution >= 0.6 is 11.8 Å². The molecule has 28 heavy (non-hydrogen) atoms. The molecule has 8 heteroatoms. The number of amides is 1. The number of nitrogens with zero attached hydrogens (tertiary/aromatic N) is 3. The van der Waals surface area contributed by atoms with E-state index in [0.717, 1.165) is 29.5 Å². The highest BCUT2D eigenvalue weighted by Crippen LogP contribution is 2.34. The Hall–Kier alpha value is -3.18. The minimum Gasteiger partial charge on any atom is -0.479 e. The van der Waals surface area contributed by atoms with Gasteiger partial charge < -0.3 is 4.74 Å². The Balaban J connectivity index is 1.90. The molecule has 0 radical (unpaired) electrons. The monoisotopic (exact) mass is 399 g/mol. The summed E-state index contributed by atoms with van der Waals surface area (Å²) < 4.78 is 32.3. The average Bonchev–Trinajstić information content (AvgIpc) is 2.97. The molecule has 0 spiro atoms. The van der Waals surface area contributed by atoms with Crippen molar-refractivity contribution in [2.45, 2.75) is 6.92 Å². The van der Waals surface area contributed by atoms with Crippen LogP contribution in [0.3, 0.4) is 0 Å². The van der Waals surface area contributed by atoms with E-state index < -0.39 is 11.6 Å². The molecule has 0 aliphatic carbocycles. The number of halogens is 2. The predicted octanol–water partition coefficient (Wildman–Crippen LogP) is 4.49. The number of benzene rings is 2. The molecule has 1 aliphatic heterocycles. The maximum absolute atomic E-state index is 13.9. The SMILES string of the molecule is CCN1C(=O)/C(=C/c2cccc(OCC#N)c2)SC1=Nc1ccc(F)cc1F. The van der Waals surface area contributed by atoms with Gasteiger partial charge in [-0.05, 0) is 54.6 Å². The van der Waals surface area contributed by atoms with E-state index in [2.05, 4.69) is 4.99 Å². The molecule has 0 saturated carbocycles. The lowest BCUT2D eigenvalue weighted by Gasteiger charge is -2.12. The van der Waals surface area contributed by atoms with Gasteiger partial charge in [0.25, 0.3) is 5.91 Å². The zero-order valence-corrected chi connectivity index (χ0v) is 15.7. The molecule has 1 saturated heterocycles. The second-order valence-electron chi connectivity index (χ2n) is 5.67. The van der Waals surface area contributed by atoms with Crippen LogP contribution in [0.4, 0.5) is 14.5 Å². The van der Waals surface area contributed by atoms with Crippen LogP contribution in [0.5, 0.6) is 5.75 Å². The van der Waals surface area contributed by atoms with Crippen molar-refractivity contribution in [2.75, 3.05) is 13.2 Å². The largest absolute Gasteiger partial charge is 0.479 e. The fourth-order valence-corrected chi connectivity index (χ4v) is 3.56. The van der Waals surface area contributed by atoms with E-state index in [1.54, 1.807) is 37.3 Å². The number of aliphatic imine (C=N–C) groups is 1. The van der Waals surface area contributed by atoms with E-state index in [9.17, 15) is 13.6 Å². The van der Waals surface area contributed by atoms with Gasteiger partial charge in [0.2, 0.25) is 0 Å². The lowest BCUT2D eigenvalue weighted by Crippen LogP contribution is -2.28. The first-order valence-corrected chi connectivity index (χ1v) is 9.18. The number of likely N-dealkylation sites (N-methyl/N-ethyl adjacent to an activating group) is 1. The minimum absolute atomic E-state index is 0.0386. The Kier molecular flexibility index (Phi) is 6.06. The highest BCUT2D eigenvalue weighted by atomic mass is 32.2. The molecule has 1 fully saturated rings. The van der Waals surface area contributed by atoms with E-state index >= 15 is 0 Å². The van der Waals surface area contributed by atoms with Crippen LogP contribution in [0.2, 0.25) is 0 Å². The number of hydrogen-bond donors (Lipinski definition) is 0. The van der Waals surface area contributed by atoms with Crippen molar-refractivity contribution < 1.29 is 18.3 Å².